The number of benzene rings is 2. The van der Waals surface area contributed by atoms with Crippen LogP contribution in [0.25, 0.3) is 0 Å². The van der Waals surface area contributed by atoms with Gasteiger partial charge in [0.15, 0.2) is 5.76 Å². The van der Waals surface area contributed by atoms with Crippen molar-refractivity contribution in [2.24, 2.45) is 5.92 Å². The van der Waals surface area contributed by atoms with Gasteiger partial charge in [-0.05, 0) is 43.9 Å². The first kappa shape index (κ1) is 22.1. The highest BCUT2D eigenvalue weighted by atomic mass is 16.7. The summed E-state index contributed by atoms with van der Waals surface area (Å²) in [7, 11) is 0. The van der Waals surface area contributed by atoms with Crippen LogP contribution in [0.2, 0.25) is 0 Å². The molecule has 0 aliphatic carbocycles. The second-order valence-electron chi connectivity index (χ2n) is 7.61. The highest BCUT2D eigenvalue weighted by molar-refractivity contribution is 5.91. The topological polar surface area (TPSA) is 67.8 Å². The van der Waals surface area contributed by atoms with E-state index in [1.807, 2.05) is 62.4 Å². The fourth-order valence-electron chi connectivity index (χ4n) is 3.80. The molecule has 5 nitrogen and oxygen atoms in total. The maximum atomic E-state index is 12.9. The predicted molar refractivity (Wildman–Crippen MR) is 117 cm³/mol. The zero-order chi connectivity index (χ0) is 21.3. The van der Waals surface area contributed by atoms with Crippen molar-refractivity contribution in [3.8, 4) is 0 Å². The Labute approximate surface area is 178 Å². The summed E-state index contributed by atoms with van der Waals surface area (Å²) in [6.07, 6.45) is 2.77. The number of aryl methyl sites for hydroxylation is 1. The van der Waals surface area contributed by atoms with E-state index in [1.54, 1.807) is 0 Å². The Bertz CT molecular complexity index is 832. The lowest BCUT2D eigenvalue weighted by atomic mass is 9.80. The van der Waals surface area contributed by atoms with Gasteiger partial charge in [0.05, 0.1) is 0 Å². The van der Waals surface area contributed by atoms with Crippen molar-refractivity contribution < 1.29 is 19.4 Å². The number of allylic oxidation sites excluding steroid dienone is 1. The minimum atomic E-state index is -0.531. The minimum Gasteiger partial charge on any atom is -0.459 e. The predicted octanol–water partition coefficient (Wildman–Crippen LogP) is 4.06. The molecule has 1 heterocycles. The summed E-state index contributed by atoms with van der Waals surface area (Å²) in [5, 5.41) is 12.3. The molecular formula is C25H31NO4. The largest absolute Gasteiger partial charge is 0.459 e. The summed E-state index contributed by atoms with van der Waals surface area (Å²) >= 11 is 0. The second-order valence-corrected chi connectivity index (χ2v) is 7.61. The Morgan fingerprint density at radius 1 is 1.13 bits per heavy atom. The number of carbonyl (C=O) groups is 1. The molecule has 30 heavy (non-hydrogen) atoms. The van der Waals surface area contributed by atoms with E-state index in [0.717, 1.165) is 17.5 Å². The number of carbonyl (C=O) groups excluding carboxylic acids is 1. The molecule has 0 saturated heterocycles. The molecule has 0 radical (unpaired) electrons. The van der Waals surface area contributed by atoms with Gasteiger partial charge in [0.1, 0.15) is 0 Å². The normalized spacial score (nSPS) is 20.9. The summed E-state index contributed by atoms with van der Waals surface area (Å²) in [5.41, 5.74) is 3.33. The van der Waals surface area contributed by atoms with Crippen molar-refractivity contribution in [1.29, 1.82) is 0 Å². The van der Waals surface area contributed by atoms with Gasteiger partial charge in [-0.3, -0.25) is 4.79 Å². The summed E-state index contributed by atoms with van der Waals surface area (Å²) < 4.78 is 11.9. The molecule has 0 spiro atoms. The average Bonchev–Trinajstić information content (AvgIpc) is 2.78. The van der Waals surface area contributed by atoms with Crippen molar-refractivity contribution in [2.75, 3.05) is 13.2 Å². The Kier molecular flexibility index (Phi) is 8.05. The van der Waals surface area contributed by atoms with Crippen LogP contribution in [-0.2, 0) is 20.8 Å². The molecule has 3 rings (SSSR count). The van der Waals surface area contributed by atoms with Gasteiger partial charge in [0.2, 0.25) is 6.29 Å². The van der Waals surface area contributed by atoms with Gasteiger partial charge in [-0.25, -0.2) is 0 Å². The number of nitrogens with one attached hydrogen (secondary N) is 1. The van der Waals surface area contributed by atoms with E-state index >= 15 is 0 Å². The smallest absolute Gasteiger partial charge is 0.286 e. The van der Waals surface area contributed by atoms with Gasteiger partial charge in [0.25, 0.3) is 5.91 Å². The standard InChI is InChI=1S/C25H31NO4/c1-3-29-25-21(10-7-15-27)22(20-8-5-4-6-9-20)16-23(30-25)24(28)26-17-19-13-11-18(2)12-14-19/h4-6,8-9,11-14,16,21-22,25,27H,3,7,10,15,17H2,1-2H3,(H,26,28)/t21-,22+,25+/m1/s1. The number of hydrogen-bond acceptors (Lipinski definition) is 4. The molecule has 1 aliphatic heterocycles. The fraction of sp³-hybridized carbons (Fsp3) is 0.400. The first-order valence-electron chi connectivity index (χ1n) is 10.6. The van der Waals surface area contributed by atoms with E-state index in [9.17, 15) is 9.90 Å². The van der Waals surface area contributed by atoms with E-state index in [4.69, 9.17) is 9.47 Å². The fourth-order valence-corrected chi connectivity index (χ4v) is 3.80. The van der Waals surface area contributed by atoms with Crippen molar-refractivity contribution in [3.05, 3.63) is 83.1 Å². The highest BCUT2D eigenvalue weighted by Crippen LogP contribution is 2.39. The molecule has 2 aromatic rings. The lowest BCUT2D eigenvalue weighted by molar-refractivity contribution is -0.166. The quantitative estimate of drug-likeness (QED) is 0.655. The Hall–Kier alpha value is -2.63. The molecule has 1 aliphatic rings. The van der Waals surface area contributed by atoms with E-state index in [-0.39, 0.29) is 30.1 Å². The molecule has 160 valence electrons. The molecular weight excluding hydrogens is 378 g/mol. The van der Waals surface area contributed by atoms with Gasteiger partial charge >= 0.3 is 0 Å². The van der Waals surface area contributed by atoms with E-state index in [2.05, 4.69) is 17.4 Å². The third kappa shape index (κ3) is 5.71. The molecule has 2 aromatic carbocycles. The van der Waals surface area contributed by atoms with Crippen LogP contribution in [0.3, 0.4) is 0 Å². The minimum absolute atomic E-state index is 0.0214. The maximum absolute atomic E-state index is 12.9. The zero-order valence-corrected chi connectivity index (χ0v) is 17.7. The van der Waals surface area contributed by atoms with Crippen molar-refractivity contribution in [1.82, 2.24) is 5.32 Å². The number of hydrogen-bond donors (Lipinski definition) is 2. The van der Waals surface area contributed by atoms with Crippen LogP contribution in [0.4, 0.5) is 0 Å². The van der Waals surface area contributed by atoms with Crippen LogP contribution in [0.15, 0.2) is 66.4 Å². The molecule has 0 unspecified atom stereocenters. The number of aliphatic hydroxyl groups is 1. The van der Waals surface area contributed by atoms with E-state index in [1.165, 1.54) is 5.56 Å². The highest BCUT2D eigenvalue weighted by Gasteiger charge is 2.37. The Morgan fingerprint density at radius 2 is 1.87 bits per heavy atom. The molecule has 3 atom stereocenters. The average molecular weight is 410 g/mol. The van der Waals surface area contributed by atoms with Crippen LogP contribution in [0, 0.1) is 12.8 Å². The number of aliphatic hydroxyl groups excluding tert-OH is 1. The first-order chi connectivity index (χ1) is 14.6. The van der Waals surface area contributed by atoms with Gasteiger partial charge in [-0.1, -0.05) is 60.2 Å². The first-order valence-corrected chi connectivity index (χ1v) is 10.6. The van der Waals surface area contributed by atoms with Crippen LogP contribution in [0.5, 0.6) is 0 Å². The number of ether oxygens (including phenoxy) is 2. The lowest BCUT2D eigenvalue weighted by Gasteiger charge is -2.37. The monoisotopic (exact) mass is 409 g/mol. The molecule has 0 saturated carbocycles. The Balaban J connectivity index is 1.81. The molecule has 2 N–H and O–H groups in total. The van der Waals surface area contributed by atoms with E-state index in [0.29, 0.717) is 19.6 Å². The third-order valence-corrected chi connectivity index (χ3v) is 5.39. The van der Waals surface area contributed by atoms with Gasteiger partial charge in [-0.2, -0.15) is 0 Å². The van der Waals surface area contributed by atoms with Gasteiger partial charge in [-0.15, -0.1) is 0 Å². The summed E-state index contributed by atoms with van der Waals surface area (Å²) in [4.78, 5) is 12.9. The molecule has 0 fully saturated rings. The molecule has 5 heteroatoms. The van der Waals surface area contributed by atoms with Crippen LogP contribution in [-0.4, -0.2) is 30.5 Å². The number of rotatable bonds is 9. The molecule has 0 bridgehead atoms. The van der Waals surface area contributed by atoms with Crippen molar-refractivity contribution in [2.45, 2.75) is 45.4 Å². The zero-order valence-electron chi connectivity index (χ0n) is 17.7. The van der Waals surface area contributed by atoms with Crippen LogP contribution < -0.4 is 5.32 Å². The summed E-state index contributed by atoms with van der Waals surface area (Å²) in [6, 6.07) is 18.2. The van der Waals surface area contributed by atoms with Crippen molar-refractivity contribution >= 4 is 5.91 Å². The lowest BCUT2D eigenvalue weighted by Crippen LogP contribution is -2.38. The van der Waals surface area contributed by atoms with Crippen LogP contribution >= 0.6 is 0 Å². The van der Waals surface area contributed by atoms with Gasteiger partial charge in [0, 0.05) is 31.6 Å². The third-order valence-electron chi connectivity index (χ3n) is 5.39. The van der Waals surface area contributed by atoms with Crippen molar-refractivity contribution in [3.63, 3.8) is 0 Å². The molecule has 1 amide bonds. The summed E-state index contributed by atoms with van der Waals surface area (Å²) in [6.45, 7) is 4.99. The van der Waals surface area contributed by atoms with Crippen LogP contribution in [0.1, 0.15) is 42.4 Å². The molecule has 0 aromatic heterocycles. The SMILES string of the molecule is CCO[C@H]1OC(C(=O)NCc2ccc(C)cc2)=C[C@@H](c2ccccc2)[C@H]1CCCO. The summed E-state index contributed by atoms with van der Waals surface area (Å²) in [5.74, 6) is 0.0350. The van der Waals surface area contributed by atoms with Gasteiger partial charge < -0.3 is 19.9 Å². The van der Waals surface area contributed by atoms with E-state index < -0.39 is 6.29 Å². The number of amides is 1. The Morgan fingerprint density at radius 3 is 2.53 bits per heavy atom. The second kappa shape index (κ2) is 11.0. The maximum Gasteiger partial charge on any atom is 0.286 e.